The molecule has 1 aliphatic heterocycles. The molecule has 0 amide bonds. The largest absolute Gasteiger partial charge is 0.481 e. The van der Waals surface area contributed by atoms with Crippen molar-refractivity contribution in [3.05, 3.63) is 0 Å². The van der Waals surface area contributed by atoms with E-state index in [1.54, 1.807) is 4.90 Å². The van der Waals surface area contributed by atoms with Crippen LogP contribution in [-0.2, 0) is 9.90 Å². The Balaban J connectivity index is 2.13. The molecule has 1 saturated heterocycles. The number of rotatable bonds is 4. The standard InChI is InChI=1S/C7H12NO4/c9-4-6(10)3-8-1-5(2-8)7(11)12/h5-6,10H,1-4H2,(H,11,12). The van der Waals surface area contributed by atoms with E-state index in [0.717, 1.165) is 0 Å². The molecule has 1 rings (SSSR count). The number of carboxylic acid groups (broad SMARTS) is 1. The summed E-state index contributed by atoms with van der Waals surface area (Å²) >= 11 is 0. The van der Waals surface area contributed by atoms with Crippen LogP contribution in [0.15, 0.2) is 0 Å². The Morgan fingerprint density at radius 1 is 1.58 bits per heavy atom. The zero-order valence-corrected chi connectivity index (χ0v) is 6.64. The molecule has 1 unspecified atom stereocenters. The van der Waals surface area contributed by atoms with Gasteiger partial charge < -0.3 is 10.2 Å². The number of nitrogens with zero attached hydrogens (tertiary/aromatic N) is 1. The van der Waals surface area contributed by atoms with Crippen LogP contribution in [0, 0.1) is 5.92 Å². The Bertz CT molecular complexity index is 167. The van der Waals surface area contributed by atoms with Crippen molar-refractivity contribution < 1.29 is 20.1 Å². The second-order valence-electron chi connectivity index (χ2n) is 3.07. The Labute approximate surface area is 70.2 Å². The van der Waals surface area contributed by atoms with E-state index in [9.17, 15) is 9.90 Å². The first-order chi connectivity index (χ1) is 5.63. The fraction of sp³-hybridized carbons (Fsp3) is 0.857. The Morgan fingerprint density at radius 2 is 2.17 bits per heavy atom. The summed E-state index contributed by atoms with van der Waals surface area (Å²) in [6.45, 7) is 0.681. The first kappa shape index (κ1) is 9.44. The SMILES string of the molecule is [O]CC(O)CN1CC(C(=O)O)C1. The maximum Gasteiger partial charge on any atom is 0.309 e. The summed E-state index contributed by atoms with van der Waals surface area (Å²) in [6.07, 6.45) is -0.861. The molecule has 0 bridgehead atoms. The van der Waals surface area contributed by atoms with Gasteiger partial charge in [0.1, 0.15) is 6.61 Å². The van der Waals surface area contributed by atoms with E-state index in [-0.39, 0.29) is 5.92 Å². The lowest BCUT2D eigenvalue weighted by atomic mass is 10.0. The van der Waals surface area contributed by atoms with Gasteiger partial charge in [-0.2, -0.15) is 0 Å². The predicted molar refractivity (Wildman–Crippen MR) is 39.1 cm³/mol. The third kappa shape index (κ3) is 2.17. The lowest BCUT2D eigenvalue weighted by Gasteiger charge is -2.37. The molecule has 0 aliphatic carbocycles. The third-order valence-electron chi connectivity index (χ3n) is 1.97. The molecule has 12 heavy (non-hydrogen) atoms. The molecule has 1 radical (unpaired) electrons. The van der Waals surface area contributed by atoms with Gasteiger partial charge in [0, 0.05) is 19.6 Å². The van der Waals surface area contributed by atoms with Gasteiger partial charge in [0.25, 0.3) is 0 Å². The van der Waals surface area contributed by atoms with Crippen molar-refractivity contribution in [2.24, 2.45) is 5.92 Å². The highest BCUT2D eigenvalue weighted by molar-refractivity contribution is 5.71. The molecule has 5 nitrogen and oxygen atoms in total. The minimum atomic E-state index is -0.861. The van der Waals surface area contributed by atoms with E-state index >= 15 is 0 Å². The van der Waals surface area contributed by atoms with Crippen LogP contribution < -0.4 is 0 Å². The summed E-state index contributed by atoms with van der Waals surface area (Å²) in [6, 6.07) is 0. The summed E-state index contributed by atoms with van der Waals surface area (Å²) < 4.78 is 0. The molecule has 1 heterocycles. The topological polar surface area (TPSA) is 80.7 Å². The van der Waals surface area contributed by atoms with Crippen LogP contribution in [0.1, 0.15) is 0 Å². The van der Waals surface area contributed by atoms with Crippen LogP contribution in [-0.4, -0.2) is 53.4 Å². The maximum absolute atomic E-state index is 10.3. The summed E-state index contributed by atoms with van der Waals surface area (Å²) in [5.41, 5.74) is 0. The Morgan fingerprint density at radius 3 is 2.58 bits per heavy atom. The number of β-amino-alcohol motifs (C(OH)–C–C–N with tert-alkyl or cyclic N) is 1. The van der Waals surface area contributed by atoms with Crippen LogP contribution in [0.4, 0.5) is 0 Å². The van der Waals surface area contributed by atoms with Gasteiger partial charge >= 0.3 is 5.97 Å². The van der Waals surface area contributed by atoms with Crippen molar-refractivity contribution in [2.45, 2.75) is 6.10 Å². The van der Waals surface area contributed by atoms with Gasteiger partial charge in [0.15, 0.2) is 0 Å². The van der Waals surface area contributed by atoms with Gasteiger partial charge in [-0.1, -0.05) is 0 Å². The van der Waals surface area contributed by atoms with Gasteiger partial charge in [-0.3, -0.25) is 9.69 Å². The van der Waals surface area contributed by atoms with Gasteiger partial charge in [-0.15, -0.1) is 0 Å². The van der Waals surface area contributed by atoms with E-state index in [1.807, 2.05) is 0 Å². The van der Waals surface area contributed by atoms with Gasteiger partial charge in [0.05, 0.1) is 12.0 Å². The second-order valence-corrected chi connectivity index (χ2v) is 3.07. The molecule has 2 N–H and O–H groups in total. The molecule has 0 aromatic rings. The highest BCUT2D eigenvalue weighted by Crippen LogP contribution is 2.15. The quantitative estimate of drug-likeness (QED) is 0.560. The van der Waals surface area contributed by atoms with Crippen LogP contribution in [0.3, 0.4) is 0 Å². The van der Waals surface area contributed by atoms with E-state index < -0.39 is 18.7 Å². The van der Waals surface area contributed by atoms with Gasteiger partial charge in [-0.05, 0) is 0 Å². The molecule has 0 aromatic heterocycles. The van der Waals surface area contributed by atoms with Crippen LogP contribution in [0.25, 0.3) is 0 Å². The van der Waals surface area contributed by atoms with E-state index in [2.05, 4.69) is 0 Å². The predicted octanol–water partition coefficient (Wildman–Crippen LogP) is -1.21. The number of likely N-dealkylation sites (tertiary alicyclic amines) is 1. The van der Waals surface area contributed by atoms with Crippen LogP contribution >= 0.6 is 0 Å². The first-order valence-corrected chi connectivity index (χ1v) is 3.84. The third-order valence-corrected chi connectivity index (χ3v) is 1.97. The molecular formula is C7H12NO4. The monoisotopic (exact) mass is 174 g/mol. The number of hydrogen-bond donors (Lipinski definition) is 2. The van der Waals surface area contributed by atoms with E-state index in [4.69, 9.17) is 10.2 Å². The van der Waals surface area contributed by atoms with Crippen molar-refractivity contribution in [3.8, 4) is 0 Å². The summed E-state index contributed by atoms with van der Waals surface area (Å²) in [5, 5.41) is 27.5. The number of hydrogen-bond acceptors (Lipinski definition) is 3. The lowest BCUT2D eigenvalue weighted by Crippen LogP contribution is -2.53. The van der Waals surface area contributed by atoms with Crippen molar-refractivity contribution in [1.29, 1.82) is 0 Å². The first-order valence-electron chi connectivity index (χ1n) is 3.84. The average molecular weight is 174 g/mol. The smallest absolute Gasteiger partial charge is 0.309 e. The summed E-state index contributed by atoms with van der Waals surface area (Å²) in [5.74, 6) is -1.12. The van der Waals surface area contributed by atoms with Crippen molar-refractivity contribution in [1.82, 2.24) is 4.90 Å². The normalized spacial score (nSPS) is 21.8. The van der Waals surface area contributed by atoms with E-state index in [1.165, 1.54) is 0 Å². The molecule has 1 fully saturated rings. The van der Waals surface area contributed by atoms with Crippen molar-refractivity contribution >= 4 is 5.97 Å². The number of aliphatic carboxylic acids is 1. The van der Waals surface area contributed by atoms with Crippen LogP contribution in [0.2, 0.25) is 0 Å². The summed E-state index contributed by atoms with van der Waals surface area (Å²) in [4.78, 5) is 12.1. The highest BCUT2D eigenvalue weighted by atomic mass is 16.4. The zero-order chi connectivity index (χ0) is 9.14. The van der Waals surface area contributed by atoms with Crippen molar-refractivity contribution in [2.75, 3.05) is 26.2 Å². The molecule has 0 saturated carbocycles. The average Bonchev–Trinajstić information content (AvgIpc) is 1.94. The fourth-order valence-electron chi connectivity index (χ4n) is 1.23. The Kier molecular flexibility index (Phi) is 3.02. The molecule has 69 valence electrons. The minimum Gasteiger partial charge on any atom is -0.481 e. The number of aliphatic hydroxyl groups is 1. The minimum absolute atomic E-state index is 0.299. The van der Waals surface area contributed by atoms with Gasteiger partial charge in [-0.25, -0.2) is 5.11 Å². The molecule has 0 aromatic carbocycles. The molecule has 1 atom stereocenters. The number of carbonyl (C=O) groups is 1. The summed E-state index contributed by atoms with van der Waals surface area (Å²) in [7, 11) is 0. The molecular weight excluding hydrogens is 162 g/mol. The zero-order valence-electron chi connectivity index (χ0n) is 6.64. The Hall–Kier alpha value is -0.650. The molecule has 0 spiro atoms. The van der Waals surface area contributed by atoms with Gasteiger partial charge in [0.2, 0.25) is 0 Å². The number of carboxylic acids is 1. The number of aliphatic hydroxyl groups excluding tert-OH is 1. The van der Waals surface area contributed by atoms with Crippen LogP contribution in [0.5, 0.6) is 0 Å². The molecule has 5 heteroatoms. The van der Waals surface area contributed by atoms with E-state index in [0.29, 0.717) is 19.6 Å². The highest BCUT2D eigenvalue weighted by Gasteiger charge is 2.32. The second kappa shape index (κ2) is 3.84. The van der Waals surface area contributed by atoms with Crippen molar-refractivity contribution in [3.63, 3.8) is 0 Å². The lowest BCUT2D eigenvalue weighted by molar-refractivity contribution is -0.148. The maximum atomic E-state index is 10.3. The fourth-order valence-corrected chi connectivity index (χ4v) is 1.23. The molecule has 1 aliphatic rings.